The first-order chi connectivity index (χ1) is 36.3. The number of alkyl halides is 1. The molecule has 7 rings (SSSR count). The molecule has 0 fully saturated rings. The van der Waals surface area contributed by atoms with Crippen molar-refractivity contribution in [3.05, 3.63) is 112 Å². The Morgan fingerprint density at radius 3 is 1.62 bits per heavy atom. The molecule has 0 aliphatic heterocycles. The van der Waals surface area contributed by atoms with Crippen LogP contribution in [0.5, 0.6) is 0 Å². The summed E-state index contributed by atoms with van der Waals surface area (Å²) in [6, 6.07) is 18.6. The van der Waals surface area contributed by atoms with Crippen molar-refractivity contribution in [2.24, 2.45) is 20.5 Å². The Bertz CT molecular complexity index is 4440. The first-order valence-corrected chi connectivity index (χ1v) is 30.1. The van der Waals surface area contributed by atoms with Gasteiger partial charge in [-0.2, -0.15) is 52.6 Å². The number of thiophene rings is 1. The summed E-state index contributed by atoms with van der Waals surface area (Å²) in [5, 5.41) is 43.5. The Labute approximate surface area is 460 Å². The highest BCUT2D eigenvalue weighted by Crippen LogP contribution is 2.49. The molecule has 7 aromatic rings. The number of pyridine rings is 1. The first-order valence-electron chi connectivity index (χ1n) is 20.8. The molecule has 2 heterocycles. The van der Waals surface area contributed by atoms with E-state index >= 15 is 0 Å². The Morgan fingerprint density at radius 2 is 1.10 bits per heavy atom. The van der Waals surface area contributed by atoms with E-state index in [1.54, 1.807) is 0 Å². The smallest absolute Gasteiger partial charge is 0.296 e. The largest absolute Gasteiger partial charge is 0.339 e. The van der Waals surface area contributed by atoms with Crippen LogP contribution >= 0.6 is 46.1 Å². The third kappa shape index (κ3) is 13.1. The highest BCUT2D eigenvalue weighted by Gasteiger charge is 2.28. The minimum Gasteiger partial charge on any atom is -0.339 e. The maximum absolute atomic E-state index is 12.7. The summed E-state index contributed by atoms with van der Waals surface area (Å²) in [6.07, 6.45) is -0.0420. The van der Waals surface area contributed by atoms with Crippen LogP contribution in [0, 0.1) is 29.6 Å². The van der Waals surface area contributed by atoms with Crippen molar-refractivity contribution in [1.82, 2.24) is 4.98 Å². The second-order valence-electron chi connectivity index (χ2n) is 15.7. The number of rotatable bonds is 17. The predicted octanol–water partition coefficient (Wildman–Crippen LogP) is 10.4. The van der Waals surface area contributed by atoms with Crippen LogP contribution in [0.3, 0.4) is 0 Å². The Morgan fingerprint density at radius 1 is 0.603 bits per heavy atom. The maximum atomic E-state index is 12.7. The zero-order valence-corrected chi connectivity index (χ0v) is 45.6. The number of hydrogen-bond donors (Lipinski definition) is 8. The van der Waals surface area contributed by atoms with E-state index < -0.39 is 97.4 Å². The highest BCUT2D eigenvalue weighted by molar-refractivity contribution is 7.87. The van der Waals surface area contributed by atoms with Gasteiger partial charge < -0.3 is 16.0 Å². The van der Waals surface area contributed by atoms with Crippen LogP contribution in [0.15, 0.2) is 130 Å². The van der Waals surface area contributed by atoms with Gasteiger partial charge in [0.05, 0.1) is 26.2 Å². The monoisotopic (exact) mass is 1240 g/mol. The van der Waals surface area contributed by atoms with Gasteiger partial charge in [0.25, 0.3) is 50.6 Å². The summed E-state index contributed by atoms with van der Waals surface area (Å²) in [5.41, 5.74) is -1.20. The number of carbonyl (C=O) groups excluding carboxylic acids is 1. The second kappa shape index (κ2) is 22.3. The highest BCUT2D eigenvalue weighted by atomic mass is 35.5. The molecule has 5 aromatic carbocycles. The SMILES string of the molecule is Cc1c(C#N)c(Nc2ccc(Cl)c(S(=O)(=O)O)c2)nc(Nc2ccc(Cl)c(S(=O)(=O)O)c2)c1N=Nc1sc(/N=N/c2cc(S(=O)(=O)O)c3cc(S(=O)(=O)O)cc(S(=O)(=O)O)c3c2)c(-c2ccc(NC(=O)CCCl)cc2)c1C#N. The van der Waals surface area contributed by atoms with Crippen molar-refractivity contribution in [2.75, 3.05) is 21.8 Å². The van der Waals surface area contributed by atoms with Crippen LogP contribution < -0.4 is 16.0 Å². The van der Waals surface area contributed by atoms with E-state index in [4.69, 9.17) is 34.8 Å². The fraction of sp³-hybridized carbons (Fsp3) is 0.0698. The molecule has 0 atom stereocenters. The summed E-state index contributed by atoms with van der Waals surface area (Å²) in [6.45, 7) is 1.36. The number of hydrogen-bond acceptors (Lipinski definition) is 21. The zero-order valence-electron chi connectivity index (χ0n) is 38.4. The summed E-state index contributed by atoms with van der Waals surface area (Å²) in [4.78, 5) is 11.7. The molecule has 404 valence electrons. The number of halogens is 3. The third-order valence-corrected chi connectivity index (χ3v) is 17.0. The topological polar surface area (TPSA) is 435 Å². The zero-order chi connectivity index (χ0) is 57.4. The number of anilines is 5. The fourth-order valence-electron chi connectivity index (χ4n) is 7.10. The summed E-state index contributed by atoms with van der Waals surface area (Å²) in [7, 11) is -25.9. The van der Waals surface area contributed by atoms with E-state index in [1.165, 1.54) is 43.3 Å². The van der Waals surface area contributed by atoms with Crippen LogP contribution in [0.2, 0.25) is 10.0 Å². The molecule has 8 N–H and O–H groups in total. The van der Waals surface area contributed by atoms with Crippen LogP contribution in [-0.4, -0.2) is 81.6 Å². The molecule has 0 radical (unpaired) electrons. The van der Waals surface area contributed by atoms with Crippen molar-refractivity contribution in [3.63, 3.8) is 0 Å². The van der Waals surface area contributed by atoms with Crippen molar-refractivity contribution in [3.8, 4) is 23.3 Å². The minimum atomic E-state index is -5.43. The van der Waals surface area contributed by atoms with E-state index in [-0.39, 0.29) is 94.6 Å². The quantitative estimate of drug-likeness (QED) is 0.0238. The lowest BCUT2D eigenvalue weighted by Gasteiger charge is -2.16. The molecule has 0 saturated heterocycles. The van der Waals surface area contributed by atoms with Crippen LogP contribution in [-0.2, 0) is 55.4 Å². The van der Waals surface area contributed by atoms with Gasteiger partial charge in [0.15, 0.2) is 16.6 Å². The fourth-order valence-corrected chi connectivity index (χ4v) is 12.2. The number of nitriles is 2. The second-order valence-corrected chi connectivity index (χ2v) is 24.8. The normalized spacial score (nSPS) is 12.4. The van der Waals surface area contributed by atoms with E-state index in [2.05, 4.69) is 41.4 Å². The lowest BCUT2D eigenvalue weighted by molar-refractivity contribution is -0.115. The number of nitrogens with zero attached hydrogens (tertiary/aromatic N) is 7. The van der Waals surface area contributed by atoms with Gasteiger partial charge in [-0.05, 0) is 85.3 Å². The number of benzene rings is 5. The van der Waals surface area contributed by atoms with E-state index in [0.29, 0.717) is 29.5 Å². The Kier molecular flexibility index (Phi) is 16.8. The van der Waals surface area contributed by atoms with Gasteiger partial charge in [-0.15, -0.1) is 32.1 Å². The van der Waals surface area contributed by atoms with Gasteiger partial charge in [-0.3, -0.25) is 27.6 Å². The minimum absolute atomic E-state index is 0.00760. The predicted molar refractivity (Wildman–Crippen MR) is 283 cm³/mol. The van der Waals surface area contributed by atoms with Gasteiger partial charge in [-0.1, -0.05) is 46.7 Å². The molecule has 0 spiro atoms. The molecule has 78 heavy (non-hydrogen) atoms. The van der Waals surface area contributed by atoms with Crippen LogP contribution in [0.1, 0.15) is 23.1 Å². The number of amides is 1. The standard InChI is InChI=1S/C43H29Cl3N10O16S6/c1-20-29(18-47)40(50-23-6-8-31(45)35(13-23)77(67,68)69)52-41(51-24-7-9-32(46)36(14-24)78(70,71)72)39(20)54-55-42-30(19-48)38(21-2-4-22(5-3-21)49-37(57)10-11-44)43(73-42)56-53-25-12-27-28(33(15-25)75(61,62)63)16-26(74(58,59)60)17-34(27)76(64,65)66/h2-9,12-17H,10-11H2,1H3,(H,49,57)(H2,50,51,52)(H,58,59,60)(H,61,62,63)(H,64,65,66)(H,67,68,69)(H,70,71,72)/b55-54?,56-53+. The molecular formula is C43H29Cl3N10O16S6. The van der Waals surface area contributed by atoms with E-state index in [9.17, 15) is 80.2 Å². The lowest BCUT2D eigenvalue weighted by Crippen LogP contribution is -2.11. The number of carbonyl (C=O) groups is 1. The molecular weight excluding hydrogens is 1210 g/mol. The third-order valence-electron chi connectivity index (χ3n) is 10.5. The average molecular weight is 1240 g/mol. The molecule has 1 amide bonds. The summed E-state index contributed by atoms with van der Waals surface area (Å²) < 4.78 is 173. The molecule has 35 heteroatoms. The molecule has 0 saturated carbocycles. The molecule has 26 nitrogen and oxygen atoms in total. The Hall–Kier alpha value is -7.12. The molecule has 0 aliphatic carbocycles. The average Bonchev–Trinajstić information content (AvgIpc) is 3.79. The van der Waals surface area contributed by atoms with Gasteiger partial charge >= 0.3 is 0 Å². The van der Waals surface area contributed by atoms with Crippen molar-refractivity contribution in [1.29, 1.82) is 10.5 Å². The van der Waals surface area contributed by atoms with Crippen molar-refractivity contribution in [2.45, 2.75) is 37.8 Å². The maximum Gasteiger partial charge on any atom is 0.296 e. The summed E-state index contributed by atoms with van der Waals surface area (Å²) in [5.74, 6) is -1.06. The lowest BCUT2D eigenvalue weighted by atomic mass is 10.0. The number of aromatic nitrogens is 1. The van der Waals surface area contributed by atoms with E-state index in [0.717, 1.165) is 30.3 Å². The summed E-state index contributed by atoms with van der Waals surface area (Å²) >= 11 is 18.4. The van der Waals surface area contributed by atoms with Crippen molar-refractivity contribution >= 4 is 163 Å². The van der Waals surface area contributed by atoms with Crippen molar-refractivity contribution < 1.29 is 69.6 Å². The van der Waals surface area contributed by atoms with Gasteiger partial charge in [0, 0.05) is 51.3 Å². The number of azo groups is 2. The van der Waals surface area contributed by atoms with E-state index in [1.807, 2.05) is 12.1 Å². The van der Waals surface area contributed by atoms with Crippen LogP contribution in [0.4, 0.5) is 50.1 Å². The Balaban J connectivity index is 1.45. The molecule has 0 unspecified atom stereocenters. The molecule has 2 aromatic heterocycles. The molecule has 0 aliphatic rings. The van der Waals surface area contributed by atoms with Crippen LogP contribution in [0.25, 0.3) is 21.9 Å². The number of fused-ring (bicyclic) bond motifs is 1. The first kappa shape index (κ1) is 58.6. The van der Waals surface area contributed by atoms with Gasteiger partial charge in [-0.25, -0.2) is 4.98 Å². The molecule has 0 bridgehead atoms. The van der Waals surface area contributed by atoms with Gasteiger partial charge in [0.1, 0.15) is 48.0 Å². The number of nitrogens with one attached hydrogen (secondary N) is 3. The van der Waals surface area contributed by atoms with Gasteiger partial charge in [0.2, 0.25) is 5.91 Å².